The average molecular weight is 192 g/mol. The lowest BCUT2D eigenvalue weighted by atomic mass is 10.2. The van der Waals surface area contributed by atoms with E-state index >= 15 is 0 Å². The summed E-state index contributed by atoms with van der Waals surface area (Å²) in [6.07, 6.45) is 7.80. The van der Waals surface area contributed by atoms with Crippen molar-refractivity contribution in [3.63, 3.8) is 0 Å². The van der Waals surface area contributed by atoms with Gasteiger partial charge in [-0.1, -0.05) is 0 Å². The molecule has 0 radical (unpaired) electrons. The number of carbonyl (C=O) groups excluding carboxylic acids is 1. The van der Waals surface area contributed by atoms with Gasteiger partial charge in [-0.3, -0.25) is 9.78 Å². The third kappa shape index (κ3) is 2.87. The number of nitrogens with zero attached hydrogens (tertiary/aromatic N) is 1. The Kier molecular flexibility index (Phi) is 3.62. The van der Waals surface area contributed by atoms with Gasteiger partial charge in [0, 0.05) is 19.2 Å². The zero-order valence-corrected chi connectivity index (χ0v) is 7.46. The van der Waals surface area contributed by atoms with E-state index in [2.05, 4.69) is 16.2 Å². The molecule has 0 spiro atoms. The molecule has 1 aromatic heterocycles. The molecule has 14 heavy (non-hydrogen) atoms. The van der Waals surface area contributed by atoms with Crippen LogP contribution in [0.1, 0.15) is 16.8 Å². The molecule has 0 bridgehead atoms. The van der Waals surface area contributed by atoms with Gasteiger partial charge in [0.25, 0.3) is 5.91 Å². The molecule has 0 aliphatic carbocycles. The van der Waals surface area contributed by atoms with Crippen LogP contribution in [0.15, 0.2) is 18.5 Å². The minimum absolute atomic E-state index is 0.196. The third-order valence-corrected chi connectivity index (χ3v) is 1.52. The van der Waals surface area contributed by atoms with Crippen LogP contribution in [0.25, 0.3) is 0 Å². The molecule has 1 amide bonds. The number of amides is 1. The molecular formula is C10H9FN2O. The summed E-state index contributed by atoms with van der Waals surface area (Å²) in [7, 11) is 0. The second kappa shape index (κ2) is 4.97. The number of hydrogen-bond acceptors (Lipinski definition) is 2. The Morgan fingerprint density at radius 3 is 3.07 bits per heavy atom. The summed E-state index contributed by atoms with van der Waals surface area (Å²) >= 11 is 0. The predicted octanol–water partition coefficient (Wildman–Crippen LogP) is 0.974. The highest BCUT2D eigenvalue weighted by Gasteiger charge is 2.05. The highest BCUT2D eigenvalue weighted by Crippen LogP contribution is 2.00. The van der Waals surface area contributed by atoms with Gasteiger partial charge in [-0.15, -0.1) is 12.3 Å². The standard InChI is InChI=1S/C10H9FN2O/c1-2-3-4-13-10(14)8-5-9(11)7-12-6-8/h1,5-7H,3-4H2,(H,13,14). The fraction of sp³-hybridized carbons (Fsp3) is 0.200. The molecule has 0 fully saturated rings. The van der Waals surface area contributed by atoms with Crippen LogP contribution in [-0.4, -0.2) is 17.4 Å². The van der Waals surface area contributed by atoms with Crippen LogP contribution < -0.4 is 5.32 Å². The van der Waals surface area contributed by atoms with Crippen molar-refractivity contribution in [2.24, 2.45) is 0 Å². The fourth-order valence-corrected chi connectivity index (χ4v) is 0.886. The third-order valence-electron chi connectivity index (χ3n) is 1.52. The van der Waals surface area contributed by atoms with Crippen LogP contribution in [0, 0.1) is 18.2 Å². The SMILES string of the molecule is C#CCCNC(=O)c1cncc(F)c1. The smallest absolute Gasteiger partial charge is 0.252 e. The van der Waals surface area contributed by atoms with E-state index in [1.807, 2.05) is 0 Å². The summed E-state index contributed by atoms with van der Waals surface area (Å²) in [5.74, 6) is 1.48. The maximum Gasteiger partial charge on any atom is 0.252 e. The number of hydrogen-bond donors (Lipinski definition) is 1. The molecule has 1 aromatic rings. The zero-order valence-electron chi connectivity index (χ0n) is 7.46. The van der Waals surface area contributed by atoms with Gasteiger partial charge in [-0.2, -0.15) is 0 Å². The second-order valence-electron chi connectivity index (χ2n) is 2.60. The summed E-state index contributed by atoms with van der Waals surface area (Å²) in [6.45, 7) is 0.381. The molecule has 1 rings (SSSR count). The van der Waals surface area contributed by atoms with Gasteiger partial charge >= 0.3 is 0 Å². The van der Waals surface area contributed by atoms with E-state index in [1.54, 1.807) is 0 Å². The van der Waals surface area contributed by atoms with E-state index in [1.165, 1.54) is 6.20 Å². The number of carbonyl (C=O) groups is 1. The molecule has 72 valence electrons. The molecule has 0 saturated carbocycles. The van der Waals surface area contributed by atoms with E-state index in [-0.39, 0.29) is 11.5 Å². The first-order valence-electron chi connectivity index (χ1n) is 4.06. The summed E-state index contributed by atoms with van der Waals surface area (Å²) in [6, 6.07) is 1.12. The molecule has 1 N–H and O–H groups in total. The number of rotatable bonds is 3. The van der Waals surface area contributed by atoms with E-state index in [0.717, 1.165) is 12.3 Å². The van der Waals surface area contributed by atoms with Crippen molar-refractivity contribution in [3.8, 4) is 12.3 Å². The normalized spacial score (nSPS) is 9.14. The Morgan fingerprint density at radius 1 is 1.64 bits per heavy atom. The highest BCUT2D eigenvalue weighted by molar-refractivity contribution is 5.93. The minimum atomic E-state index is -0.533. The second-order valence-corrected chi connectivity index (χ2v) is 2.60. The molecular weight excluding hydrogens is 183 g/mol. The van der Waals surface area contributed by atoms with Crippen molar-refractivity contribution >= 4 is 5.91 Å². The lowest BCUT2D eigenvalue weighted by Gasteiger charge is -2.01. The summed E-state index contributed by atoms with van der Waals surface area (Å²) in [4.78, 5) is 14.8. The first-order valence-corrected chi connectivity index (χ1v) is 4.06. The summed E-state index contributed by atoms with van der Waals surface area (Å²) in [5.41, 5.74) is 0.196. The Balaban J connectivity index is 2.57. The molecule has 3 nitrogen and oxygen atoms in total. The van der Waals surface area contributed by atoms with Crippen LogP contribution >= 0.6 is 0 Å². The van der Waals surface area contributed by atoms with Crippen molar-refractivity contribution in [2.75, 3.05) is 6.54 Å². The molecule has 1 heterocycles. The molecule has 0 aliphatic heterocycles. The maximum absolute atomic E-state index is 12.6. The molecule has 0 saturated heterocycles. The van der Waals surface area contributed by atoms with Gasteiger partial charge < -0.3 is 5.32 Å². The predicted molar refractivity (Wildman–Crippen MR) is 50.0 cm³/mol. The lowest BCUT2D eigenvalue weighted by molar-refractivity contribution is 0.0953. The summed E-state index contributed by atoms with van der Waals surface area (Å²) < 4.78 is 12.6. The average Bonchev–Trinajstić information content (AvgIpc) is 2.18. The Hall–Kier alpha value is -1.89. The lowest BCUT2D eigenvalue weighted by Crippen LogP contribution is -2.24. The topological polar surface area (TPSA) is 42.0 Å². The van der Waals surface area contributed by atoms with Gasteiger partial charge in [0.05, 0.1) is 11.8 Å². The highest BCUT2D eigenvalue weighted by atomic mass is 19.1. The van der Waals surface area contributed by atoms with E-state index in [4.69, 9.17) is 6.42 Å². The quantitative estimate of drug-likeness (QED) is 0.572. The first-order chi connectivity index (χ1) is 6.74. The van der Waals surface area contributed by atoms with Crippen LogP contribution in [0.3, 0.4) is 0 Å². The van der Waals surface area contributed by atoms with Crippen molar-refractivity contribution in [1.82, 2.24) is 10.3 Å². The van der Waals surface area contributed by atoms with Crippen LogP contribution in [-0.2, 0) is 0 Å². The van der Waals surface area contributed by atoms with E-state index in [0.29, 0.717) is 13.0 Å². The summed E-state index contributed by atoms with van der Waals surface area (Å²) in [5, 5.41) is 2.54. The first kappa shape index (κ1) is 10.2. The number of halogens is 1. The van der Waals surface area contributed by atoms with Gasteiger partial charge in [0.15, 0.2) is 0 Å². The van der Waals surface area contributed by atoms with Crippen LogP contribution in [0.5, 0.6) is 0 Å². The Bertz CT molecular complexity index is 371. The van der Waals surface area contributed by atoms with Crippen molar-refractivity contribution in [3.05, 3.63) is 29.8 Å². The largest absolute Gasteiger partial charge is 0.351 e. The fourth-order valence-electron chi connectivity index (χ4n) is 0.886. The molecule has 0 unspecified atom stereocenters. The Morgan fingerprint density at radius 2 is 2.43 bits per heavy atom. The van der Waals surface area contributed by atoms with Crippen molar-refractivity contribution < 1.29 is 9.18 Å². The zero-order chi connectivity index (χ0) is 10.4. The number of pyridine rings is 1. The number of aromatic nitrogens is 1. The van der Waals surface area contributed by atoms with Crippen molar-refractivity contribution in [1.29, 1.82) is 0 Å². The van der Waals surface area contributed by atoms with E-state index in [9.17, 15) is 9.18 Å². The number of nitrogens with one attached hydrogen (secondary N) is 1. The van der Waals surface area contributed by atoms with Gasteiger partial charge in [-0.25, -0.2) is 4.39 Å². The number of terminal acetylenes is 1. The molecule has 0 atom stereocenters. The van der Waals surface area contributed by atoms with E-state index < -0.39 is 5.82 Å². The molecule has 0 aromatic carbocycles. The van der Waals surface area contributed by atoms with Crippen LogP contribution in [0.2, 0.25) is 0 Å². The van der Waals surface area contributed by atoms with Crippen molar-refractivity contribution in [2.45, 2.75) is 6.42 Å². The maximum atomic E-state index is 12.6. The van der Waals surface area contributed by atoms with Gasteiger partial charge in [0.2, 0.25) is 0 Å². The monoisotopic (exact) mass is 192 g/mol. The van der Waals surface area contributed by atoms with Gasteiger partial charge in [0.1, 0.15) is 5.82 Å². The molecule has 0 aliphatic rings. The Labute approximate surface area is 81.4 Å². The molecule has 4 heteroatoms. The van der Waals surface area contributed by atoms with Crippen LogP contribution in [0.4, 0.5) is 4.39 Å². The minimum Gasteiger partial charge on any atom is -0.351 e. The van der Waals surface area contributed by atoms with Gasteiger partial charge in [-0.05, 0) is 6.07 Å².